The zero-order chi connectivity index (χ0) is 14.5. The number of hydrogen-bond donors (Lipinski definition) is 0. The quantitative estimate of drug-likeness (QED) is 0.517. The molecule has 2 heteroatoms. The van der Waals surface area contributed by atoms with Crippen LogP contribution < -0.4 is 0 Å². The van der Waals surface area contributed by atoms with E-state index >= 15 is 0 Å². The van der Waals surface area contributed by atoms with Gasteiger partial charge in [-0.15, -0.1) is 0 Å². The van der Waals surface area contributed by atoms with Gasteiger partial charge in [0, 0.05) is 6.42 Å². The van der Waals surface area contributed by atoms with Crippen molar-refractivity contribution in [2.45, 2.75) is 70.8 Å². The highest BCUT2D eigenvalue weighted by Gasteiger charge is 2.12. The summed E-state index contributed by atoms with van der Waals surface area (Å²) >= 11 is 0. The molecular weight excluding hydrogens is 248 g/mol. The maximum atomic E-state index is 11.8. The lowest BCUT2D eigenvalue weighted by atomic mass is 10.1. The average molecular weight is 276 g/mol. The smallest absolute Gasteiger partial charge is 0.306 e. The first kappa shape index (κ1) is 16.7. The Hall–Kier alpha value is -1.31. The van der Waals surface area contributed by atoms with Crippen molar-refractivity contribution in [2.24, 2.45) is 0 Å². The third-order valence-electron chi connectivity index (χ3n) is 3.39. The topological polar surface area (TPSA) is 26.3 Å². The molecule has 0 spiro atoms. The standard InChI is InChI=1S/C18H28O2/c1-2-14-17-15-12-10-8-6-4-3-5-7-9-11-13-16-18(19)20-17/h4-8,10,17H,2-3,9,11-16H2,1H3/b6-4-,7-5-,10-8+. The molecule has 1 aliphatic heterocycles. The molecule has 0 bridgehead atoms. The molecule has 2 nitrogen and oxygen atoms in total. The van der Waals surface area contributed by atoms with Crippen LogP contribution in [-0.2, 0) is 9.53 Å². The molecule has 0 N–H and O–H groups in total. The molecule has 0 fully saturated rings. The van der Waals surface area contributed by atoms with E-state index < -0.39 is 0 Å². The monoisotopic (exact) mass is 276 g/mol. The molecule has 0 amide bonds. The van der Waals surface area contributed by atoms with Gasteiger partial charge in [0.1, 0.15) is 6.10 Å². The maximum absolute atomic E-state index is 11.8. The molecule has 0 aromatic rings. The number of carbonyl (C=O) groups excluding carboxylic acids is 1. The van der Waals surface area contributed by atoms with E-state index in [4.69, 9.17) is 4.74 Å². The van der Waals surface area contributed by atoms with Crippen molar-refractivity contribution in [1.29, 1.82) is 0 Å². The molecule has 1 aliphatic rings. The van der Waals surface area contributed by atoms with Crippen LogP contribution in [0.25, 0.3) is 0 Å². The Morgan fingerprint density at radius 1 is 1.10 bits per heavy atom. The Morgan fingerprint density at radius 2 is 1.95 bits per heavy atom. The number of hydrogen-bond acceptors (Lipinski definition) is 2. The van der Waals surface area contributed by atoms with Crippen molar-refractivity contribution >= 4 is 5.97 Å². The molecule has 112 valence electrons. The van der Waals surface area contributed by atoms with Gasteiger partial charge in [-0.05, 0) is 44.9 Å². The second-order valence-electron chi connectivity index (χ2n) is 5.29. The first-order valence-corrected chi connectivity index (χ1v) is 7.99. The van der Waals surface area contributed by atoms with Crippen molar-refractivity contribution in [3.05, 3.63) is 36.5 Å². The molecule has 1 rings (SSSR count). The lowest BCUT2D eigenvalue weighted by molar-refractivity contribution is -0.149. The van der Waals surface area contributed by atoms with Crippen LogP contribution in [0.5, 0.6) is 0 Å². The summed E-state index contributed by atoms with van der Waals surface area (Å²) in [6, 6.07) is 0. The summed E-state index contributed by atoms with van der Waals surface area (Å²) in [6.45, 7) is 2.14. The van der Waals surface area contributed by atoms with Crippen LogP contribution >= 0.6 is 0 Å². The van der Waals surface area contributed by atoms with Crippen LogP contribution in [-0.4, -0.2) is 12.1 Å². The summed E-state index contributed by atoms with van der Waals surface area (Å²) in [4.78, 5) is 11.8. The lowest BCUT2D eigenvalue weighted by Crippen LogP contribution is -2.17. The number of carbonyl (C=O) groups is 1. The number of allylic oxidation sites excluding steroid dienone is 6. The average Bonchev–Trinajstić information content (AvgIpc) is 2.42. The van der Waals surface area contributed by atoms with Crippen molar-refractivity contribution in [2.75, 3.05) is 0 Å². The fourth-order valence-corrected chi connectivity index (χ4v) is 2.27. The zero-order valence-corrected chi connectivity index (χ0v) is 12.7. The molecule has 0 radical (unpaired) electrons. The highest BCUT2D eigenvalue weighted by molar-refractivity contribution is 5.69. The van der Waals surface area contributed by atoms with Gasteiger partial charge in [-0.1, -0.05) is 49.8 Å². The number of ether oxygens (including phenoxy) is 1. The van der Waals surface area contributed by atoms with E-state index in [1.165, 1.54) is 0 Å². The van der Waals surface area contributed by atoms with E-state index in [0.717, 1.165) is 51.4 Å². The van der Waals surface area contributed by atoms with E-state index in [9.17, 15) is 4.79 Å². The Kier molecular flexibility index (Phi) is 9.64. The number of cyclic esters (lactones) is 1. The third-order valence-corrected chi connectivity index (χ3v) is 3.39. The van der Waals surface area contributed by atoms with Crippen LogP contribution in [0, 0.1) is 0 Å². The van der Waals surface area contributed by atoms with Crippen LogP contribution in [0.4, 0.5) is 0 Å². The molecule has 1 unspecified atom stereocenters. The molecule has 1 heterocycles. The maximum Gasteiger partial charge on any atom is 0.306 e. The fourth-order valence-electron chi connectivity index (χ4n) is 2.27. The van der Waals surface area contributed by atoms with Gasteiger partial charge < -0.3 is 4.74 Å². The summed E-state index contributed by atoms with van der Waals surface area (Å²) in [6.07, 6.45) is 21.5. The van der Waals surface area contributed by atoms with Crippen LogP contribution in [0.15, 0.2) is 36.5 Å². The van der Waals surface area contributed by atoms with Gasteiger partial charge in [0.15, 0.2) is 0 Å². The van der Waals surface area contributed by atoms with Crippen LogP contribution in [0.1, 0.15) is 64.7 Å². The van der Waals surface area contributed by atoms with Crippen molar-refractivity contribution < 1.29 is 9.53 Å². The molecule has 0 aliphatic carbocycles. The second kappa shape index (κ2) is 11.5. The minimum atomic E-state index is -0.0246. The van der Waals surface area contributed by atoms with Gasteiger partial charge in [-0.3, -0.25) is 4.79 Å². The first-order chi connectivity index (χ1) is 9.83. The van der Waals surface area contributed by atoms with E-state index in [1.807, 2.05) is 0 Å². The Balaban J connectivity index is 2.50. The van der Waals surface area contributed by atoms with Crippen molar-refractivity contribution in [1.82, 2.24) is 0 Å². The van der Waals surface area contributed by atoms with Gasteiger partial charge in [0.2, 0.25) is 0 Å². The Morgan fingerprint density at radius 3 is 2.80 bits per heavy atom. The molecule has 0 aromatic carbocycles. The molecule has 0 aromatic heterocycles. The van der Waals surface area contributed by atoms with E-state index in [1.54, 1.807) is 0 Å². The summed E-state index contributed by atoms with van der Waals surface area (Å²) in [5.41, 5.74) is 0. The van der Waals surface area contributed by atoms with Gasteiger partial charge in [0.05, 0.1) is 0 Å². The number of esters is 1. The second-order valence-corrected chi connectivity index (χ2v) is 5.29. The molecule has 0 saturated carbocycles. The predicted octanol–water partition coefficient (Wildman–Crippen LogP) is 5.11. The normalized spacial score (nSPS) is 27.4. The fraction of sp³-hybridized carbons (Fsp3) is 0.611. The first-order valence-electron chi connectivity index (χ1n) is 7.99. The summed E-state index contributed by atoms with van der Waals surface area (Å²) in [5.74, 6) is -0.0246. The van der Waals surface area contributed by atoms with Gasteiger partial charge in [0.25, 0.3) is 0 Å². The molecule has 1 atom stereocenters. The summed E-state index contributed by atoms with van der Waals surface area (Å²) in [7, 11) is 0. The molecule has 0 saturated heterocycles. The van der Waals surface area contributed by atoms with Crippen molar-refractivity contribution in [3.63, 3.8) is 0 Å². The van der Waals surface area contributed by atoms with Crippen molar-refractivity contribution in [3.8, 4) is 0 Å². The highest BCUT2D eigenvalue weighted by atomic mass is 16.5. The largest absolute Gasteiger partial charge is 0.462 e. The molecule has 20 heavy (non-hydrogen) atoms. The minimum Gasteiger partial charge on any atom is -0.462 e. The molecular formula is C18H28O2. The SMILES string of the molecule is CCCC1CC/C=C/C=C\C/C=C\CCCCC(=O)O1. The highest BCUT2D eigenvalue weighted by Crippen LogP contribution is 2.13. The Bertz CT molecular complexity index is 339. The van der Waals surface area contributed by atoms with Crippen LogP contribution in [0.3, 0.4) is 0 Å². The van der Waals surface area contributed by atoms with E-state index in [2.05, 4.69) is 43.4 Å². The number of rotatable bonds is 2. The lowest BCUT2D eigenvalue weighted by Gasteiger charge is -2.16. The zero-order valence-electron chi connectivity index (χ0n) is 12.7. The van der Waals surface area contributed by atoms with Gasteiger partial charge >= 0.3 is 5.97 Å². The third kappa shape index (κ3) is 8.73. The summed E-state index contributed by atoms with van der Waals surface area (Å²) < 4.78 is 5.58. The van der Waals surface area contributed by atoms with Crippen LogP contribution in [0.2, 0.25) is 0 Å². The Labute approximate surface area is 123 Å². The summed E-state index contributed by atoms with van der Waals surface area (Å²) in [5, 5.41) is 0. The van der Waals surface area contributed by atoms with E-state index in [0.29, 0.717) is 6.42 Å². The van der Waals surface area contributed by atoms with Gasteiger partial charge in [-0.25, -0.2) is 0 Å². The van der Waals surface area contributed by atoms with E-state index in [-0.39, 0.29) is 12.1 Å². The predicted molar refractivity (Wildman–Crippen MR) is 84.5 cm³/mol. The van der Waals surface area contributed by atoms with Gasteiger partial charge in [-0.2, -0.15) is 0 Å². The minimum absolute atomic E-state index is 0.0246.